The predicted octanol–water partition coefficient (Wildman–Crippen LogP) is 8.99. The zero-order valence-electron chi connectivity index (χ0n) is 24.5. The largest absolute Gasteiger partial charge is 0.426 e. The van der Waals surface area contributed by atoms with Crippen molar-refractivity contribution in [2.24, 2.45) is 0 Å². The first kappa shape index (κ1) is 33.6. The van der Waals surface area contributed by atoms with E-state index in [2.05, 4.69) is 61.2 Å². The summed E-state index contributed by atoms with van der Waals surface area (Å²) in [6.45, 7) is 8.31. The van der Waals surface area contributed by atoms with E-state index >= 15 is 0 Å². The minimum Gasteiger partial charge on any atom is -0.374 e. The minimum absolute atomic E-state index is 0.329. The molecule has 0 saturated heterocycles. The van der Waals surface area contributed by atoms with Crippen LogP contribution >= 0.6 is 0 Å². The van der Waals surface area contributed by atoms with E-state index in [4.69, 9.17) is 4.89 Å². The highest BCUT2D eigenvalue weighted by Crippen LogP contribution is 2.46. The van der Waals surface area contributed by atoms with E-state index in [9.17, 15) is 31.4 Å². The molecule has 0 radical (unpaired) electrons. The first-order valence-corrected chi connectivity index (χ1v) is 14.0. The van der Waals surface area contributed by atoms with Gasteiger partial charge in [0.1, 0.15) is 0 Å². The van der Waals surface area contributed by atoms with Crippen molar-refractivity contribution in [3.8, 4) is 11.1 Å². The molecule has 3 nitrogen and oxygen atoms in total. The highest BCUT2D eigenvalue weighted by molar-refractivity contribution is 5.68. The molecule has 0 fully saturated rings. The summed E-state index contributed by atoms with van der Waals surface area (Å²) >= 11 is 0. The zero-order valence-corrected chi connectivity index (χ0v) is 24.5. The fraction of sp³-hybridized carbons (Fsp3) is 0.455. The molecule has 0 bridgehead atoms. The maximum absolute atomic E-state index is 13.2. The maximum Gasteiger partial charge on any atom is 0.426 e. The molecular weight excluding hydrogens is 558 g/mol. The Morgan fingerprint density at radius 3 is 1.74 bits per heavy atom. The van der Waals surface area contributed by atoms with Gasteiger partial charge in [-0.3, -0.25) is 0 Å². The quantitative estimate of drug-likeness (QED) is 0.0982. The van der Waals surface area contributed by atoms with Gasteiger partial charge in [-0.25, -0.2) is 9.78 Å². The van der Waals surface area contributed by atoms with Crippen LogP contribution in [-0.4, -0.2) is 36.8 Å². The number of rotatable bonds is 12. The third kappa shape index (κ3) is 6.84. The highest BCUT2D eigenvalue weighted by Gasteiger charge is 2.69. The van der Waals surface area contributed by atoms with Crippen LogP contribution in [0.5, 0.6) is 0 Å². The van der Waals surface area contributed by atoms with Crippen LogP contribution in [0.15, 0.2) is 60.7 Å². The molecule has 0 heterocycles. The summed E-state index contributed by atoms with van der Waals surface area (Å²) in [5, 5.41) is 9.57. The van der Waals surface area contributed by atoms with Gasteiger partial charge < -0.3 is 5.11 Å². The zero-order chi connectivity index (χ0) is 31.3. The van der Waals surface area contributed by atoms with Crippen LogP contribution in [-0.2, 0) is 28.0 Å². The van der Waals surface area contributed by atoms with Crippen molar-refractivity contribution < 1.29 is 41.2 Å². The van der Waals surface area contributed by atoms with Gasteiger partial charge in [0.25, 0.3) is 5.60 Å². The number of alkyl halides is 6. The molecule has 3 aromatic carbocycles. The van der Waals surface area contributed by atoms with E-state index in [0.29, 0.717) is 17.7 Å². The van der Waals surface area contributed by atoms with Gasteiger partial charge in [-0.1, -0.05) is 74.5 Å². The van der Waals surface area contributed by atoms with Crippen molar-refractivity contribution in [2.45, 2.75) is 83.2 Å². The van der Waals surface area contributed by atoms with Gasteiger partial charge in [0.2, 0.25) is 0 Å². The normalized spacial score (nSPS) is 13.0. The SMILES string of the molecule is CCC(CC)(c1ccc(CCC(O)(C(F)(F)F)C(F)(F)F)c(C)c1)c1ccc(-c2ccc(CCOOC)cc2)c(C)c1. The van der Waals surface area contributed by atoms with E-state index in [-0.39, 0.29) is 0 Å². The molecule has 0 aromatic heterocycles. The molecule has 1 N–H and O–H groups in total. The minimum atomic E-state index is -5.83. The Bertz CT molecular complexity index is 1310. The molecule has 230 valence electrons. The average molecular weight is 597 g/mol. The van der Waals surface area contributed by atoms with Crippen molar-refractivity contribution in [1.29, 1.82) is 0 Å². The van der Waals surface area contributed by atoms with E-state index < -0.39 is 36.2 Å². The molecule has 3 rings (SSSR count). The number of aryl methyl sites for hydroxylation is 3. The Morgan fingerprint density at radius 1 is 0.714 bits per heavy atom. The van der Waals surface area contributed by atoms with Gasteiger partial charge in [0.15, 0.2) is 0 Å². The molecule has 42 heavy (non-hydrogen) atoms. The molecule has 3 aromatic rings. The number of halogens is 6. The molecule has 0 aliphatic carbocycles. The third-order valence-corrected chi connectivity index (χ3v) is 8.43. The van der Waals surface area contributed by atoms with Crippen molar-refractivity contribution >= 4 is 0 Å². The van der Waals surface area contributed by atoms with E-state index in [1.165, 1.54) is 7.11 Å². The summed E-state index contributed by atoms with van der Waals surface area (Å²) in [6.07, 6.45) is -11.5. The summed E-state index contributed by atoms with van der Waals surface area (Å²) in [6, 6.07) is 19.8. The first-order chi connectivity index (χ1) is 19.6. The van der Waals surface area contributed by atoms with Gasteiger partial charge >= 0.3 is 12.4 Å². The summed E-state index contributed by atoms with van der Waals surface area (Å²) in [5.74, 6) is 0. The number of hydrogen-bond donors (Lipinski definition) is 1. The lowest BCUT2D eigenvalue weighted by atomic mass is 9.69. The van der Waals surface area contributed by atoms with Crippen LogP contribution < -0.4 is 0 Å². The molecular formula is C33H38F6O3. The van der Waals surface area contributed by atoms with Gasteiger partial charge in [0.05, 0.1) is 13.7 Å². The second-order valence-electron chi connectivity index (χ2n) is 10.8. The lowest BCUT2D eigenvalue weighted by molar-refractivity contribution is -0.369. The fourth-order valence-electron chi connectivity index (χ4n) is 5.65. The Labute approximate surface area is 243 Å². The maximum atomic E-state index is 13.2. The summed E-state index contributed by atoms with van der Waals surface area (Å²) in [5.41, 5.74) is 2.13. The van der Waals surface area contributed by atoms with Crippen LogP contribution in [0.3, 0.4) is 0 Å². The van der Waals surface area contributed by atoms with Crippen LogP contribution in [0, 0.1) is 13.8 Å². The van der Waals surface area contributed by atoms with Crippen LogP contribution in [0.4, 0.5) is 26.3 Å². The van der Waals surface area contributed by atoms with Gasteiger partial charge in [0, 0.05) is 5.41 Å². The average Bonchev–Trinajstić information content (AvgIpc) is 2.93. The van der Waals surface area contributed by atoms with Gasteiger partial charge in [-0.05, 0) is 90.5 Å². The summed E-state index contributed by atoms with van der Waals surface area (Å²) in [7, 11) is 1.47. The molecule has 0 saturated carbocycles. The molecule has 0 atom stereocenters. The Hall–Kier alpha value is -2.88. The van der Waals surface area contributed by atoms with Crippen LogP contribution in [0.2, 0.25) is 0 Å². The fourth-order valence-corrected chi connectivity index (χ4v) is 5.65. The second-order valence-corrected chi connectivity index (χ2v) is 10.8. The van der Waals surface area contributed by atoms with Crippen LogP contribution in [0.1, 0.15) is 66.5 Å². The Balaban J connectivity index is 1.89. The second kappa shape index (κ2) is 13.2. The smallest absolute Gasteiger partial charge is 0.374 e. The van der Waals surface area contributed by atoms with Gasteiger partial charge in [-0.2, -0.15) is 26.3 Å². The monoisotopic (exact) mass is 596 g/mol. The topological polar surface area (TPSA) is 38.7 Å². The number of benzene rings is 3. The lowest BCUT2D eigenvalue weighted by Crippen LogP contribution is -2.57. The molecule has 9 heteroatoms. The van der Waals surface area contributed by atoms with Gasteiger partial charge in [-0.15, -0.1) is 0 Å². The predicted molar refractivity (Wildman–Crippen MR) is 151 cm³/mol. The number of aliphatic hydroxyl groups is 1. The molecule has 0 unspecified atom stereocenters. The molecule has 0 aliphatic heterocycles. The van der Waals surface area contributed by atoms with Crippen molar-refractivity contribution in [2.75, 3.05) is 13.7 Å². The first-order valence-electron chi connectivity index (χ1n) is 14.0. The number of hydrogen-bond acceptors (Lipinski definition) is 3. The summed E-state index contributed by atoms with van der Waals surface area (Å²) in [4.78, 5) is 9.58. The molecule has 0 spiro atoms. The van der Waals surface area contributed by atoms with Crippen molar-refractivity contribution in [1.82, 2.24) is 0 Å². The molecule has 0 amide bonds. The lowest BCUT2D eigenvalue weighted by Gasteiger charge is -2.35. The highest BCUT2D eigenvalue weighted by atomic mass is 19.4. The van der Waals surface area contributed by atoms with E-state index in [0.717, 1.165) is 52.6 Å². The van der Waals surface area contributed by atoms with Crippen LogP contribution in [0.25, 0.3) is 11.1 Å². The standard InChI is InChI=1S/C33H38F6O3/c1-6-30(7-2,27-13-12-25(22(3)20-27)16-18-31(40,32(34,35)36)33(37,38)39)28-14-15-29(23(4)21-28)26-10-8-24(9-11-26)17-19-42-41-5/h8-15,20-21,40H,6-7,16-19H2,1-5H3. The third-order valence-electron chi connectivity index (χ3n) is 8.43. The van der Waals surface area contributed by atoms with Crippen molar-refractivity contribution in [3.63, 3.8) is 0 Å². The van der Waals surface area contributed by atoms with Crippen molar-refractivity contribution in [3.05, 3.63) is 94.0 Å². The Kier molecular flexibility index (Phi) is 10.6. The summed E-state index contributed by atoms with van der Waals surface area (Å²) < 4.78 is 79.0. The molecule has 0 aliphatic rings. The Morgan fingerprint density at radius 2 is 1.26 bits per heavy atom. The van der Waals surface area contributed by atoms with E-state index in [1.807, 2.05) is 13.0 Å². The van der Waals surface area contributed by atoms with E-state index in [1.54, 1.807) is 19.1 Å².